The molecule has 0 fully saturated rings. The largest absolute Gasteiger partial charge is 0.465 e. The highest BCUT2D eigenvalue weighted by Gasteiger charge is 2.36. The van der Waals surface area contributed by atoms with Gasteiger partial charge in [0.1, 0.15) is 0 Å². The van der Waals surface area contributed by atoms with Gasteiger partial charge in [-0.15, -0.1) is 0 Å². The molecule has 2 N–H and O–H groups in total. The van der Waals surface area contributed by atoms with Gasteiger partial charge in [0, 0.05) is 11.7 Å². The number of benzene rings is 1. The standard InChI is InChI=1S/C15H21F3N2O4S/c1-9(15(16,17)18)7-10(2)20-13-6-5-11(25(22,23)19-3)8-12(13)14(21)24-4/h5-6,8-10,19-20H,7H2,1-4H3. The summed E-state index contributed by atoms with van der Waals surface area (Å²) < 4.78 is 68.4. The van der Waals surface area contributed by atoms with Crippen molar-refractivity contribution in [2.45, 2.75) is 37.4 Å². The van der Waals surface area contributed by atoms with Gasteiger partial charge in [0.05, 0.1) is 23.5 Å². The van der Waals surface area contributed by atoms with E-state index in [0.717, 1.165) is 20.1 Å². The monoisotopic (exact) mass is 382 g/mol. The van der Waals surface area contributed by atoms with Crippen LogP contribution in [-0.4, -0.2) is 40.8 Å². The zero-order chi connectivity index (χ0) is 19.4. The van der Waals surface area contributed by atoms with E-state index in [1.807, 2.05) is 0 Å². The molecule has 0 aliphatic rings. The SMILES string of the molecule is CNS(=O)(=O)c1ccc(NC(C)CC(C)C(F)(F)F)c(C(=O)OC)c1. The molecule has 0 aromatic heterocycles. The minimum absolute atomic E-state index is 0.0784. The van der Waals surface area contributed by atoms with E-state index in [0.29, 0.717) is 0 Å². The van der Waals surface area contributed by atoms with E-state index in [1.54, 1.807) is 6.92 Å². The quantitative estimate of drug-likeness (QED) is 0.709. The highest BCUT2D eigenvalue weighted by molar-refractivity contribution is 7.89. The second kappa shape index (κ2) is 8.05. The Morgan fingerprint density at radius 3 is 2.36 bits per heavy atom. The van der Waals surface area contributed by atoms with Crippen molar-refractivity contribution in [3.8, 4) is 0 Å². The van der Waals surface area contributed by atoms with Crippen LogP contribution in [0.4, 0.5) is 18.9 Å². The molecule has 1 rings (SSSR count). The van der Waals surface area contributed by atoms with Crippen LogP contribution in [0.15, 0.2) is 23.1 Å². The Bertz CT molecular complexity index is 720. The van der Waals surface area contributed by atoms with Gasteiger partial charge in [0.25, 0.3) is 0 Å². The summed E-state index contributed by atoms with van der Waals surface area (Å²) in [6.07, 6.45) is -4.52. The maximum absolute atomic E-state index is 12.7. The smallest absolute Gasteiger partial charge is 0.391 e. The fraction of sp³-hybridized carbons (Fsp3) is 0.533. The summed E-state index contributed by atoms with van der Waals surface area (Å²) in [4.78, 5) is 11.8. The van der Waals surface area contributed by atoms with Crippen molar-refractivity contribution < 1.29 is 31.1 Å². The van der Waals surface area contributed by atoms with Gasteiger partial charge in [-0.3, -0.25) is 0 Å². The van der Waals surface area contributed by atoms with Crippen molar-refractivity contribution in [3.05, 3.63) is 23.8 Å². The first-order valence-corrected chi connectivity index (χ1v) is 8.89. The van der Waals surface area contributed by atoms with E-state index in [2.05, 4.69) is 14.8 Å². The third-order valence-electron chi connectivity index (χ3n) is 3.64. The van der Waals surface area contributed by atoms with Crippen LogP contribution in [0.5, 0.6) is 0 Å². The zero-order valence-corrected chi connectivity index (χ0v) is 15.1. The summed E-state index contributed by atoms with van der Waals surface area (Å²) in [5, 5.41) is 2.81. The van der Waals surface area contributed by atoms with Crippen LogP contribution in [-0.2, 0) is 14.8 Å². The number of alkyl halides is 3. The van der Waals surface area contributed by atoms with Gasteiger partial charge in [0.2, 0.25) is 10.0 Å². The lowest BCUT2D eigenvalue weighted by Crippen LogP contribution is -2.28. The zero-order valence-electron chi connectivity index (χ0n) is 14.3. The Morgan fingerprint density at radius 1 is 1.28 bits per heavy atom. The van der Waals surface area contributed by atoms with E-state index in [9.17, 15) is 26.4 Å². The lowest BCUT2D eigenvalue weighted by atomic mass is 10.0. The van der Waals surface area contributed by atoms with Gasteiger partial charge in [-0.05, 0) is 38.6 Å². The third-order valence-corrected chi connectivity index (χ3v) is 5.06. The number of hydrogen-bond donors (Lipinski definition) is 2. The highest BCUT2D eigenvalue weighted by atomic mass is 32.2. The van der Waals surface area contributed by atoms with Gasteiger partial charge in [-0.2, -0.15) is 13.2 Å². The molecule has 1 aromatic carbocycles. The molecule has 0 heterocycles. The van der Waals surface area contributed by atoms with Gasteiger partial charge < -0.3 is 10.1 Å². The van der Waals surface area contributed by atoms with Crippen molar-refractivity contribution in [2.75, 3.05) is 19.5 Å². The third kappa shape index (κ3) is 5.60. The lowest BCUT2D eigenvalue weighted by Gasteiger charge is -2.22. The van der Waals surface area contributed by atoms with Gasteiger partial charge in [-0.1, -0.05) is 6.92 Å². The number of anilines is 1. The van der Waals surface area contributed by atoms with Crippen molar-refractivity contribution >= 4 is 21.7 Å². The summed E-state index contributed by atoms with van der Waals surface area (Å²) in [5.74, 6) is -2.33. The number of carbonyl (C=O) groups is 1. The normalized spacial score (nSPS) is 14.7. The fourth-order valence-corrected chi connectivity index (χ4v) is 2.96. The average molecular weight is 382 g/mol. The van der Waals surface area contributed by atoms with Crippen molar-refractivity contribution in [2.24, 2.45) is 5.92 Å². The van der Waals surface area contributed by atoms with E-state index >= 15 is 0 Å². The molecule has 0 saturated carbocycles. The van der Waals surface area contributed by atoms with Crippen LogP contribution >= 0.6 is 0 Å². The number of rotatable bonds is 7. The molecule has 6 nitrogen and oxygen atoms in total. The Balaban J connectivity index is 3.12. The van der Waals surface area contributed by atoms with Gasteiger partial charge in [-0.25, -0.2) is 17.9 Å². The molecule has 10 heteroatoms. The van der Waals surface area contributed by atoms with Crippen LogP contribution in [0.25, 0.3) is 0 Å². The molecule has 2 unspecified atom stereocenters. The van der Waals surface area contributed by atoms with E-state index in [1.165, 1.54) is 19.2 Å². The second-order valence-electron chi connectivity index (χ2n) is 5.63. The number of methoxy groups -OCH3 is 1. The lowest BCUT2D eigenvalue weighted by molar-refractivity contribution is -0.171. The molecule has 0 amide bonds. The van der Waals surface area contributed by atoms with E-state index in [-0.39, 0.29) is 22.6 Å². The summed E-state index contributed by atoms with van der Waals surface area (Å²) in [6.45, 7) is 2.61. The Kier molecular flexibility index (Phi) is 6.83. The number of hydrogen-bond acceptors (Lipinski definition) is 5. The minimum atomic E-state index is -4.31. The molecular formula is C15H21F3N2O4S. The number of ether oxygens (including phenoxy) is 1. The number of carbonyl (C=O) groups excluding carboxylic acids is 1. The fourth-order valence-electron chi connectivity index (χ4n) is 2.20. The van der Waals surface area contributed by atoms with Crippen molar-refractivity contribution in [1.82, 2.24) is 4.72 Å². The maximum Gasteiger partial charge on any atom is 0.391 e. The summed E-state index contributed by atoms with van der Waals surface area (Å²) in [5.41, 5.74) is 0.120. The number of esters is 1. The van der Waals surface area contributed by atoms with Crippen LogP contribution < -0.4 is 10.0 Å². The topological polar surface area (TPSA) is 84.5 Å². The van der Waals surface area contributed by atoms with Crippen molar-refractivity contribution in [3.63, 3.8) is 0 Å². The molecule has 25 heavy (non-hydrogen) atoms. The van der Waals surface area contributed by atoms with Crippen molar-refractivity contribution in [1.29, 1.82) is 0 Å². The van der Waals surface area contributed by atoms with Crippen LogP contribution in [0.2, 0.25) is 0 Å². The van der Waals surface area contributed by atoms with Gasteiger partial charge in [0.15, 0.2) is 0 Å². The number of sulfonamides is 1. The second-order valence-corrected chi connectivity index (χ2v) is 7.52. The minimum Gasteiger partial charge on any atom is -0.465 e. The molecular weight excluding hydrogens is 361 g/mol. The molecule has 0 bridgehead atoms. The van der Waals surface area contributed by atoms with Gasteiger partial charge >= 0.3 is 12.1 Å². The Hall–Kier alpha value is -1.81. The first-order valence-electron chi connectivity index (χ1n) is 7.41. The van der Waals surface area contributed by atoms with E-state index < -0.39 is 34.1 Å². The van der Waals surface area contributed by atoms with Crippen LogP contribution in [0.1, 0.15) is 30.6 Å². The van der Waals surface area contributed by atoms with E-state index in [4.69, 9.17) is 0 Å². The first-order chi connectivity index (χ1) is 11.4. The molecule has 142 valence electrons. The first kappa shape index (κ1) is 21.2. The molecule has 0 spiro atoms. The number of nitrogens with one attached hydrogen (secondary N) is 2. The predicted octanol–water partition coefficient (Wildman–Crippen LogP) is 2.77. The summed E-state index contributed by atoms with van der Waals surface area (Å²) >= 11 is 0. The molecule has 1 aromatic rings. The molecule has 0 saturated heterocycles. The van der Waals surface area contributed by atoms with Crippen LogP contribution in [0.3, 0.4) is 0 Å². The summed E-state index contributed by atoms with van der Waals surface area (Å²) in [6, 6.07) is 3.08. The molecule has 0 aliphatic carbocycles. The summed E-state index contributed by atoms with van der Waals surface area (Å²) in [7, 11) is -1.43. The Labute approximate surface area is 144 Å². The average Bonchev–Trinajstić information content (AvgIpc) is 2.53. The molecule has 2 atom stereocenters. The van der Waals surface area contributed by atoms with Crippen LogP contribution in [0, 0.1) is 5.92 Å². The number of halogens is 3. The maximum atomic E-state index is 12.7. The highest BCUT2D eigenvalue weighted by Crippen LogP contribution is 2.30. The molecule has 0 radical (unpaired) electrons. The predicted molar refractivity (Wildman–Crippen MR) is 86.9 cm³/mol. The molecule has 0 aliphatic heterocycles. The Morgan fingerprint density at radius 2 is 1.88 bits per heavy atom.